The predicted octanol–water partition coefficient (Wildman–Crippen LogP) is 14.8. The summed E-state index contributed by atoms with van der Waals surface area (Å²) in [5.41, 5.74) is 15.6. The molecule has 9 rings (SSSR count). The van der Waals surface area contributed by atoms with E-state index < -0.39 is 0 Å². The lowest BCUT2D eigenvalue weighted by molar-refractivity contribution is 0.997. The second kappa shape index (κ2) is 14.3. The molecule has 53 heavy (non-hydrogen) atoms. The summed E-state index contributed by atoms with van der Waals surface area (Å²) in [4.78, 5) is 9.99. The van der Waals surface area contributed by atoms with Crippen molar-refractivity contribution in [2.45, 2.75) is 26.7 Å². The normalized spacial score (nSPS) is 12.4. The molecular weight excluding hydrogens is 681 g/mol. The molecule has 1 aliphatic rings. The quantitative estimate of drug-likeness (QED) is 0.155. The summed E-state index contributed by atoms with van der Waals surface area (Å²) in [5.74, 6) is 0. The number of allylic oxidation sites excluding steroid dienone is 2. The zero-order chi connectivity index (χ0) is 35.7. The van der Waals surface area contributed by atoms with Crippen LogP contribution in [0, 0.1) is 6.92 Å². The van der Waals surface area contributed by atoms with Crippen LogP contribution in [0.5, 0.6) is 0 Å². The van der Waals surface area contributed by atoms with Crippen LogP contribution in [0.1, 0.15) is 34.9 Å². The fourth-order valence-corrected chi connectivity index (χ4v) is 9.32. The Morgan fingerprint density at radius 1 is 0.604 bits per heavy atom. The van der Waals surface area contributed by atoms with Crippen LogP contribution in [0.2, 0.25) is 0 Å². The number of benzene rings is 6. The van der Waals surface area contributed by atoms with Gasteiger partial charge in [0.1, 0.15) is 5.01 Å². The first-order chi connectivity index (χ1) is 26.1. The second-order valence-corrected chi connectivity index (χ2v) is 15.7. The highest BCUT2D eigenvalue weighted by molar-refractivity contribution is 7.21. The summed E-state index contributed by atoms with van der Waals surface area (Å²) in [7, 11) is 0. The fraction of sp³-hybridized carbons (Fsp3) is 0.0816. The number of aryl methyl sites for hydroxylation is 2. The van der Waals surface area contributed by atoms with E-state index in [1.165, 1.54) is 59.0 Å². The molecule has 1 aliphatic carbocycles. The van der Waals surface area contributed by atoms with Crippen molar-refractivity contribution in [1.29, 1.82) is 0 Å². The summed E-state index contributed by atoms with van der Waals surface area (Å²) in [5, 5.41) is 1.04. The van der Waals surface area contributed by atoms with E-state index in [-0.39, 0.29) is 0 Å². The molecule has 0 atom stereocenters. The topological polar surface area (TPSA) is 16.1 Å². The van der Waals surface area contributed by atoms with E-state index in [1.54, 1.807) is 11.3 Å². The molecule has 256 valence electrons. The van der Waals surface area contributed by atoms with Crippen LogP contribution in [0.4, 0.5) is 17.1 Å². The molecule has 0 N–H and O–H groups in total. The molecule has 2 aromatic heterocycles. The molecule has 0 amide bonds. The third-order valence-corrected chi connectivity index (χ3v) is 12.3. The van der Waals surface area contributed by atoms with Gasteiger partial charge in [0.2, 0.25) is 0 Å². The number of hydrogen-bond acceptors (Lipinski definition) is 4. The van der Waals surface area contributed by atoms with Crippen LogP contribution in [0.3, 0.4) is 0 Å². The number of thiophene rings is 1. The SMILES string of the molecule is C/C=C\c1ccc(-c2ccc(-c3ccc(N(c4ccc(-c5cc6c(s5)C=CCC6)cc4)c4ccc(-c5nc6ccccc6s5)cc4)cc3)cc2)cc1C. The van der Waals surface area contributed by atoms with Crippen LogP contribution in [0.25, 0.3) is 65.6 Å². The molecule has 0 fully saturated rings. The third-order valence-electron chi connectivity index (χ3n) is 10.1. The van der Waals surface area contributed by atoms with Crippen molar-refractivity contribution in [3.63, 3.8) is 0 Å². The maximum absolute atomic E-state index is 4.91. The summed E-state index contributed by atoms with van der Waals surface area (Å²) < 4.78 is 1.21. The van der Waals surface area contributed by atoms with Crippen molar-refractivity contribution in [3.8, 4) is 43.3 Å². The first-order valence-corrected chi connectivity index (χ1v) is 19.8. The molecule has 2 heterocycles. The van der Waals surface area contributed by atoms with Crippen LogP contribution in [-0.2, 0) is 6.42 Å². The van der Waals surface area contributed by atoms with E-state index >= 15 is 0 Å². The smallest absolute Gasteiger partial charge is 0.124 e. The lowest BCUT2D eigenvalue weighted by Crippen LogP contribution is -2.09. The Morgan fingerprint density at radius 3 is 1.81 bits per heavy atom. The van der Waals surface area contributed by atoms with Gasteiger partial charge in [-0.25, -0.2) is 4.98 Å². The lowest BCUT2D eigenvalue weighted by Gasteiger charge is -2.26. The van der Waals surface area contributed by atoms with Gasteiger partial charge in [0, 0.05) is 32.4 Å². The van der Waals surface area contributed by atoms with Crippen LogP contribution >= 0.6 is 22.7 Å². The molecule has 0 saturated heterocycles. The monoisotopic (exact) mass is 718 g/mol. The van der Waals surface area contributed by atoms with Gasteiger partial charge in [-0.05, 0) is 144 Å². The third kappa shape index (κ3) is 6.68. The van der Waals surface area contributed by atoms with E-state index in [4.69, 9.17) is 4.98 Å². The van der Waals surface area contributed by atoms with Crippen molar-refractivity contribution >= 4 is 62.1 Å². The second-order valence-electron chi connectivity index (χ2n) is 13.6. The van der Waals surface area contributed by atoms with Crippen molar-refractivity contribution in [3.05, 3.63) is 179 Å². The molecule has 0 aliphatic heterocycles. The van der Waals surface area contributed by atoms with E-state index in [1.807, 2.05) is 17.4 Å². The van der Waals surface area contributed by atoms with E-state index in [0.717, 1.165) is 46.0 Å². The van der Waals surface area contributed by atoms with Crippen LogP contribution in [0.15, 0.2) is 158 Å². The number of rotatable bonds is 8. The van der Waals surface area contributed by atoms with Gasteiger partial charge in [0.05, 0.1) is 10.2 Å². The maximum Gasteiger partial charge on any atom is 0.124 e. The van der Waals surface area contributed by atoms with Gasteiger partial charge in [-0.15, -0.1) is 22.7 Å². The molecule has 0 radical (unpaired) electrons. The number of hydrogen-bond donors (Lipinski definition) is 0. The number of fused-ring (bicyclic) bond motifs is 2. The van der Waals surface area contributed by atoms with Gasteiger partial charge in [0.25, 0.3) is 0 Å². The van der Waals surface area contributed by atoms with Gasteiger partial charge >= 0.3 is 0 Å². The molecule has 6 aromatic carbocycles. The largest absolute Gasteiger partial charge is 0.311 e. The first kappa shape index (κ1) is 33.1. The van der Waals surface area contributed by atoms with Crippen molar-refractivity contribution in [1.82, 2.24) is 4.98 Å². The number of para-hydroxylation sites is 1. The first-order valence-electron chi connectivity index (χ1n) is 18.2. The molecular formula is C49H38N2S2. The number of aromatic nitrogens is 1. The summed E-state index contributed by atoms with van der Waals surface area (Å²) >= 11 is 3.63. The number of nitrogens with zero attached hydrogens (tertiary/aromatic N) is 2. The number of anilines is 3. The Labute approximate surface area is 319 Å². The van der Waals surface area contributed by atoms with Crippen molar-refractivity contribution in [2.24, 2.45) is 0 Å². The summed E-state index contributed by atoms with van der Waals surface area (Å²) in [6.45, 7) is 4.24. The van der Waals surface area contributed by atoms with Crippen LogP contribution < -0.4 is 4.90 Å². The zero-order valence-electron chi connectivity index (χ0n) is 29.8. The average molecular weight is 719 g/mol. The van der Waals surface area contributed by atoms with Crippen LogP contribution in [-0.4, -0.2) is 4.98 Å². The van der Waals surface area contributed by atoms with Gasteiger partial charge in [-0.1, -0.05) is 97.1 Å². The molecule has 2 nitrogen and oxygen atoms in total. The minimum absolute atomic E-state index is 1.04. The Balaban J connectivity index is 1.03. The standard InChI is InChI=1S/C49H38N2S2/c1-3-8-34-13-18-40(31-33(34)2)37-16-14-35(15-17-37)36-19-25-42(26-20-36)51(43-27-21-38(22-28-43)48-32-41-9-4-6-11-46(41)52-48)44-29-23-39(24-30-44)49-50-45-10-5-7-12-47(45)53-49/h3,5-8,10-32H,4,9H2,1-2H3/b8-3-. The van der Waals surface area contributed by atoms with Gasteiger partial charge in [-0.3, -0.25) is 0 Å². The molecule has 0 bridgehead atoms. The zero-order valence-corrected chi connectivity index (χ0v) is 31.4. The minimum atomic E-state index is 1.04. The van der Waals surface area contributed by atoms with Gasteiger partial charge in [0.15, 0.2) is 0 Å². The maximum atomic E-state index is 4.91. The lowest BCUT2D eigenvalue weighted by atomic mass is 9.97. The predicted molar refractivity (Wildman–Crippen MR) is 231 cm³/mol. The highest BCUT2D eigenvalue weighted by Gasteiger charge is 2.16. The highest BCUT2D eigenvalue weighted by atomic mass is 32.1. The summed E-state index contributed by atoms with van der Waals surface area (Å²) in [6, 6.07) is 53.2. The molecule has 8 aromatic rings. The van der Waals surface area contributed by atoms with Crippen molar-refractivity contribution < 1.29 is 0 Å². The summed E-state index contributed by atoms with van der Waals surface area (Å²) in [6.07, 6.45) is 11.1. The van der Waals surface area contributed by atoms with Gasteiger partial charge in [-0.2, -0.15) is 0 Å². The molecule has 4 heteroatoms. The fourth-order valence-electron chi connectivity index (χ4n) is 7.20. The Morgan fingerprint density at radius 2 is 1.19 bits per heavy atom. The highest BCUT2D eigenvalue weighted by Crippen LogP contribution is 2.40. The number of thiazole rings is 1. The van der Waals surface area contributed by atoms with E-state index in [0.29, 0.717) is 0 Å². The molecule has 0 unspecified atom stereocenters. The average Bonchev–Trinajstić information content (AvgIpc) is 3.85. The van der Waals surface area contributed by atoms with E-state index in [2.05, 4.69) is 183 Å². The van der Waals surface area contributed by atoms with Gasteiger partial charge < -0.3 is 4.90 Å². The molecule has 0 spiro atoms. The molecule has 0 saturated carbocycles. The Bertz CT molecular complexity index is 2570. The van der Waals surface area contributed by atoms with E-state index in [9.17, 15) is 0 Å². The Kier molecular flexibility index (Phi) is 8.92. The minimum Gasteiger partial charge on any atom is -0.311 e. The van der Waals surface area contributed by atoms with Crippen molar-refractivity contribution in [2.75, 3.05) is 4.90 Å². The Hall–Kier alpha value is -5.81.